The minimum Gasteiger partial charge on any atom is -0.466 e. The van der Waals surface area contributed by atoms with E-state index in [-0.39, 0.29) is 6.03 Å². The van der Waals surface area contributed by atoms with Crippen LogP contribution in [0.4, 0.5) is 4.79 Å². The molecule has 0 aromatic heterocycles. The van der Waals surface area contributed by atoms with Gasteiger partial charge < -0.3 is 15.4 Å². The van der Waals surface area contributed by atoms with E-state index >= 15 is 0 Å². The molecular weight excluding hydrogens is 380 g/mol. The second-order valence-corrected chi connectivity index (χ2v) is 8.43. The van der Waals surface area contributed by atoms with E-state index in [0.717, 1.165) is 37.8 Å². The molecule has 2 amide bonds. The fourth-order valence-corrected chi connectivity index (χ4v) is 4.95. The molecule has 7 heteroatoms. The molecular formula is C23H32N4O3. The number of hydrogen-bond acceptors (Lipinski definition) is 5. The van der Waals surface area contributed by atoms with Crippen LogP contribution in [-0.4, -0.2) is 67.7 Å². The summed E-state index contributed by atoms with van der Waals surface area (Å²) in [5, 5.41) is 5.76. The first-order chi connectivity index (χ1) is 14.7. The number of nitrogens with zero attached hydrogens (tertiary/aromatic N) is 2. The van der Waals surface area contributed by atoms with Crippen LogP contribution in [0.2, 0.25) is 0 Å². The van der Waals surface area contributed by atoms with Crippen molar-refractivity contribution in [3.8, 4) is 0 Å². The predicted octanol–water partition coefficient (Wildman–Crippen LogP) is 2.42. The van der Waals surface area contributed by atoms with Gasteiger partial charge in [-0.15, -0.1) is 0 Å². The van der Waals surface area contributed by atoms with Gasteiger partial charge in [0.15, 0.2) is 0 Å². The van der Waals surface area contributed by atoms with Gasteiger partial charge in [0.2, 0.25) is 0 Å². The quantitative estimate of drug-likeness (QED) is 0.727. The minimum atomic E-state index is -0.508. The minimum absolute atomic E-state index is 0.285. The van der Waals surface area contributed by atoms with Gasteiger partial charge in [-0.1, -0.05) is 49.6 Å². The van der Waals surface area contributed by atoms with E-state index < -0.39 is 12.0 Å². The van der Waals surface area contributed by atoms with Crippen molar-refractivity contribution in [1.82, 2.24) is 20.4 Å². The maximum Gasteiger partial charge on any atom is 0.338 e. The van der Waals surface area contributed by atoms with Gasteiger partial charge in [-0.2, -0.15) is 0 Å². The van der Waals surface area contributed by atoms with Crippen LogP contribution in [0, 0.1) is 0 Å². The molecule has 7 nitrogen and oxygen atoms in total. The number of amides is 2. The molecule has 30 heavy (non-hydrogen) atoms. The topological polar surface area (TPSA) is 73.9 Å². The number of nitrogens with one attached hydrogen (secondary N) is 2. The number of benzene rings is 1. The summed E-state index contributed by atoms with van der Waals surface area (Å²) in [5.74, 6) is -0.410. The van der Waals surface area contributed by atoms with Crippen molar-refractivity contribution < 1.29 is 14.3 Å². The average Bonchev–Trinajstić information content (AvgIpc) is 2.80. The highest BCUT2D eigenvalue weighted by Gasteiger charge is 2.34. The summed E-state index contributed by atoms with van der Waals surface area (Å²) >= 11 is 0. The third kappa shape index (κ3) is 4.68. The lowest BCUT2D eigenvalue weighted by atomic mass is 9.93. The van der Waals surface area contributed by atoms with Crippen molar-refractivity contribution in [1.29, 1.82) is 0 Å². The molecule has 1 aliphatic carbocycles. The fraction of sp³-hybridized carbons (Fsp3) is 0.565. The Hall–Kier alpha value is -2.38. The molecule has 2 aliphatic heterocycles. The van der Waals surface area contributed by atoms with Gasteiger partial charge in [-0.05, 0) is 18.4 Å². The third-order valence-corrected chi connectivity index (χ3v) is 6.57. The Morgan fingerprint density at radius 2 is 1.77 bits per heavy atom. The van der Waals surface area contributed by atoms with Gasteiger partial charge in [0.05, 0.1) is 18.7 Å². The Bertz CT molecular complexity index is 781. The molecule has 1 saturated carbocycles. The van der Waals surface area contributed by atoms with Crippen LogP contribution in [-0.2, 0) is 9.53 Å². The fourth-order valence-electron chi connectivity index (χ4n) is 4.95. The lowest BCUT2D eigenvalue weighted by Gasteiger charge is -2.41. The Balaban J connectivity index is 1.49. The molecule has 2 heterocycles. The number of esters is 1. The number of carbonyl (C=O) groups is 2. The zero-order chi connectivity index (χ0) is 20.9. The standard InChI is InChI=1S/C23H32N4O3/c1-30-22(28)20-19(24-23(29)25-21(20)17-8-4-2-5-9-17)16-26-12-14-27(15-13-26)18-10-6-3-7-11-18/h2,4-5,8-9,18,21H,3,6-7,10-16H2,1H3,(H2,24,25,29)/t21-/m0/s1. The van der Waals surface area contributed by atoms with Crippen molar-refractivity contribution >= 4 is 12.0 Å². The maximum absolute atomic E-state index is 12.7. The van der Waals surface area contributed by atoms with E-state index in [0.29, 0.717) is 17.8 Å². The molecule has 1 atom stereocenters. The Kier molecular flexibility index (Phi) is 6.69. The van der Waals surface area contributed by atoms with Crippen molar-refractivity contribution in [2.75, 3.05) is 39.8 Å². The van der Waals surface area contributed by atoms with Gasteiger partial charge in [0.25, 0.3) is 0 Å². The summed E-state index contributed by atoms with van der Waals surface area (Å²) < 4.78 is 5.08. The van der Waals surface area contributed by atoms with Crippen molar-refractivity contribution in [2.24, 2.45) is 0 Å². The molecule has 1 aromatic carbocycles. The van der Waals surface area contributed by atoms with Gasteiger partial charge in [0, 0.05) is 44.5 Å². The number of ether oxygens (including phenoxy) is 1. The molecule has 1 aromatic rings. The molecule has 162 valence electrons. The summed E-state index contributed by atoms with van der Waals surface area (Å²) in [6, 6.07) is 9.50. The second-order valence-electron chi connectivity index (χ2n) is 8.43. The normalized spacial score (nSPS) is 24.3. The lowest BCUT2D eigenvalue weighted by molar-refractivity contribution is -0.136. The van der Waals surface area contributed by atoms with E-state index in [1.807, 2.05) is 30.3 Å². The number of rotatable bonds is 5. The van der Waals surface area contributed by atoms with E-state index in [1.54, 1.807) is 0 Å². The molecule has 0 unspecified atom stereocenters. The zero-order valence-electron chi connectivity index (χ0n) is 17.7. The van der Waals surface area contributed by atoms with Crippen LogP contribution in [0.1, 0.15) is 43.7 Å². The Morgan fingerprint density at radius 1 is 1.07 bits per heavy atom. The SMILES string of the molecule is COC(=O)C1=C(CN2CCN(C3CCCCC3)CC2)NC(=O)N[C@H]1c1ccccc1. The van der Waals surface area contributed by atoms with Crippen LogP contribution in [0.25, 0.3) is 0 Å². The van der Waals surface area contributed by atoms with Crippen molar-refractivity contribution in [3.63, 3.8) is 0 Å². The Labute approximate surface area is 178 Å². The summed E-state index contributed by atoms with van der Waals surface area (Å²) in [6.45, 7) is 4.50. The smallest absolute Gasteiger partial charge is 0.338 e. The molecule has 4 rings (SSSR count). The van der Waals surface area contributed by atoms with Crippen molar-refractivity contribution in [3.05, 3.63) is 47.2 Å². The summed E-state index contributed by atoms with van der Waals surface area (Å²) in [6.07, 6.45) is 6.70. The predicted molar refractivity (Wildman–Crippen MR) is 115 cm³/mol. The highest BCUT2D eigenvalue weighted by molar-refractivity contribution is 5.95. The van der Waals surface area contributed by atoms with Crippen LogP contribution in [0.5, 0.6) is 0 Å². The highest BCUT2D eigenvalue weighted by atomic mass is 16.5. The van der Waals surface area contributed by atoms with E-state index in [2.05, 4.69) is 20.4 Å². The molecule has 3 aliphatic rings. The third-order valence-electron chi connectivity index (χ3n) is 6.57. The zero-order valence-corrected chi connectivity index (χ0v) is 17.7. The van der Waals surface area contributed by atoms with Crippen LogP contribution in [0.3, 0.4) is 0 Å². The number of piperazine rings is 1. The van der Waals surface area contributed by atoms with Gasteiger partial charge in [-0.25, -0.2) is 9.59 Å². The van der Waals surface area contributed by atoms with Gasteiger partial charge in [0.1, 0.15) is 0 Å². The number of hydrogen-bond donors (Lipinski definition) is 2. The van der Waals surface area contributed by atoms with Crippen molar-refractivity contribution in [2.45, 2.75) is 44.2 Å². The highest BCUT2D eigenvalue weighted by Crippen LogP contribution is 2.28. The summed E-state index contributed by atoms with van der Waals surface area (Å²) in [4.78, 5) is 30.0. The first kappa shape index (κ1) is 20.9. The average molecular weight is 413 g/mol. The van der Waals surface area contributed by atoms with Gasteiger partial charge in [-0.3, -0.25) is 9.80 Å². The molecule has 0 spiro atoms. The second kappa shape index (κ2) is 9.62. The first-order valence-electron chi connectivity index (χ1n) is 11.1. The first-order valence-corrected chi connectivity index (χ1v) is 11.1. The molecule has 2 fully saturated rings. The van der Waals surface area contributed by atoms with Crippen LogP contribution < -0.4 is 10.6 Å². The maximum atomic E-state index is 12.7. The molecule has 1 saturated heterocycles. The number of methoxy groups -OCH3 is 1. The molecule has 0 bridgehead atoms. The van der Waals surface area contributed by atoms with Crippen LogP contribution >= 0.6 is 0 Å². The van der Waals surface area contributed by atoms with E-state index in [9.17, 15) is 9.59 Å². The molecule has 0 radical (unpaired) electrons. The van der Waals surface area contributed by atoms with Gasteiger partial charge >= 0.3 is 12.0 Å². The number of carbonyl (C=O) groups excluding carboxylic acids is 2. The van der Waals surface area contributed by atoms with Crippen LogP contribution in [0.15, 0.2) is 41.6 Å². The summed E-state index contributed by atoms with van der Waals surface area (Å²) in [7, 11) is 1.38. The monoisotopic (exact) mass is 412 g/mol. The largest absolute Gasteiger partial charge is 0.466 e. The van der Waals surface area contributed by atoms with E-state index in [1.165, 1.54) is 39.2 Å². The summed E-state index contributed by atoms with van der Waals surface area (Å²) in [5.41, 5.74) is 2.00. The molecule has 2 N–H and O–H groups in total. The Morgan fingerprint density at radius 3 is 2.43 bits per heavy atom. The van der Waals surface area contributed by atoms with E-state index in [4.69, 9.17) is 4.74 Å². The lowest BCUT2D eigenvalue weighted by Crippen LogP contribution is -2.53. The number of urea groups is 1.